The lowest BCUT2D eigenvalue weighted by molar-refractivity contribution is 0.580. The molecule has 1 aliphatic carbocycles. The van der Waals surface area contributed by atoms with Crippen molar-refractivity contribution in [2.45, 2.75) is 32.6 Å². The van der Waals surface area contributed by atoms with E-state index in [-0.39, 0.29) is 0 Å². The maximum Gasteiger partial charge on any atom is 0.0936 e. The number of nitrogens with zero attached hydrogens (tertiary/aromatic N) is 1. The Morgan fingerprint density at radius 1 is 1.17 bits per heavy atom. The van der Waals surface area contributed by atoms with E-state index in [9.17, 15) is 0 Å². The number of benzene rings is 1. The van der Waals surface area contributed by atoms with Crippen LogP contribution < -0.4 is 5.32 Å². The molecule has 0 radical (unpaired) electrons. The number of pyridine rings is 1. The van der Waals surface area contributed by atoms with Crippen molar-refractivity contribution in [3.8, 4) is 0 Å². The summed E-state index contributed by atoms with van der Waals surface area (Å²) in [7, 11) is 0. The SMILES string of the molecule is Cc1ccc2cccc(NCC3CCCC3)c2n1. The lowest BCUT2D eigenvalue weighted by Gasteiger charge is -2.13. The number of aryl methyl sites for hydroxylation is 1. The summed E-state index contributed by atoms with van der Waals surface area (Å²) < 4.78 is 0. The van der Waals surface area contributed by atoms with E-state index in [1.807, 2.05) is 6.92 Å². The summed E-state index contributed by atoms with van der Waals surface area (Å²) in [5.41, 5.74) is 3.37. The van der Waals surface area contributed by atoms with Gasteiger partial charge in [-0.1, -0.05) is 31.0 Å². The van der Waals surface area contributed by atoms with Gasteiger partial charge in [-0.25, -0.2) is 0 Å². The lowest BCUT2D eigenvalue weighted by atomic mass is 10.1. The zero-order chi connectivity index (χ0) is 12.4. The highest BCUT2D eigenvalue weighted by atomic mass is 14.9. The molecule has 1 aromatic carbocycles. The van der Waals surface area contributed by atoms with Crippen LogP contribution in [0.3, 0.4) is 0 Å². The summed E-state index contributed by atoms with van der Waals surface area (Å²) in [6.07, 6.45) is 5.56. The number of aromatic nitrogens is 1. The quantitative estimate of drug-likeness (QED) is 0.872. The number of nitrogens with one attached hydrogen (secondary N) is 1. The number of hydrogen-bond acceptors (Lipinski definition) is 2. The Bertz CT molecular complexity index is 542. The minimum absolute atomic E-state index is 0.852. The van der Waals surface area contributed by atoms with E-state index in [0.717, 1.165) is 23.7 Å². The molecular formula is C16H20N2. The van der Waals surface area contributed by atoms with Gasteiger partial charge in [-0.15, -0.1) is 0 Å². The Hall–Kier alpha value is -1.57. The topological polar surface area (TPSA) is 24.9 Å². The van der Waals surface area contributed by atoms with Crippen LogP contribution in [-0.4, -0.2) is 11.5 Å². The van der Waals surface area contributed by atoms with Crippen LogP contribution in [0.4, 0.5) is 5.69 Å². The van der Waals surface area contributed by atoms with Gasteiger partial charge >= 0.3 is 0 Å². The monoisotopic (exact) mass is 240 g/mol. The van der Waals surface area contributed by atoms with Gasteiger partial charge in [0, 0.05) is 17.6 Å². The van der Waals surface area contributed by atoms with Gasteiger partial charge < -0.3 is 5.32 Å². The molecule has 3 rings (SSSR count). The maximum absolute atomic E-state index is 4.66. The standard InChI is InChI=1S/C16H20N2/c1-12-9-10-14-7-4-8-15(16(14)18-12)17-11-13-5-2-3-6-13/h4,7-10,13,17H,2-3,5-6,11H2,1H3. The van der Waals surface area contributed by atoms with Crippen molar-refractivity contribution in [3.63, 3.8) is 0 Å². The van der Waals surface area contributed by atoms with Crippen LogP contribution >= 0.6 is 0 Å². The van der Waals surface area contributed by atoms with Crippen LogP contribution in [0, 0.1) is 12.8 Å². The summed E-state index contributed by atoms with van der Waals surface area (Å²) >= 11 is 0. The molecule has 1 aromatic heterocycles. The van der Waals surface area contributed by atoms with E-state index in [0.29, 0.717) is 0 Å². The van der Waals surface area contributed by atoms with Crippen molar-refractivity contribution >= 4 is 16.6 Å². The Kier molecular flexibility index (Phi) is 3.18. The Morgan fingerprint density at radius 3 is 2.83 bits per heavy atom. The zero-order valence-corrected chi connectivity index (χ0v) is 10.9. The minimum Gasteiger partial charge on any atom is -0.383 e. The van der Waals surface area contributed by atoms with Gasteiger partial charge in [-0.2, -0.15) is 0 Å². The average molecular weight is 240 g/mol. The van der Waals surface area contributed by atoms with Crippen LogP contribution in [0.15, 0.2) is 30.3 Å². The normalized spacial score (nSPS) is 16.3. The van der Waals surface area contributed by atoms with Crippen LogP contribution in [0.2, 0.25) is 0 Å². The predicted octanol–water partition coefficient (Wildman–Crippen LogP) is 4.15. The summed E-state index contributed by atoms with van der Waals surface area (Å²) in [5.74, 6) is 0.852. The highest BCUT2D eigenvalue weighted by molar-refractivity contribution is 5.90. The van der Waals surface area contributed by atoms with Crippen LogP contribution in [0.25, 0.3) is 10.9 Å². The molecule has 1 heterocycles. The maximum atomic E-state index is 4.66. The number of rotatable bonds is 3. The largest absolute Gasteiger partial charge is 0.383 e. The Labute approximate surface area is 108 Å². The van der Waals surface area contributed by atoms with Crippen molar-refractivity contribution in [1.29, 1.82) is 0 Å². The van der Waals surface area contributed by atoms with Crippen molar-refractivity contribution in [2.75, 3.05) is 11.9 Å². The third kappa shape index (κ3) is 2.33. The van der Waals surface area contributed by atoms with E-state index in [1.165, 1.54) is 36.8 Å². The minimum atomic E-state index is 0.852. The van der Waals surface area contributed by atoms with E-state index in [4.69, 9.17) is 0 Å². The number of hydrogen-bond donors (Lipinski definition) is 1. The molecule has 1 fully saturated rings. The Balaban J connectivity index is 1.84. The van der Waals surface area contributed by atoms with Crippen molar-refractivity contribution in [1.82, 2.24) is 4.98 Å². The molecule has 2 heteroatoms. The molecule has 2 aromatic rings. The number of para-hydroxylation sites is 1. The molecule has 1 N–H and O–H groups in total. The first-order valence-corrected chi connectivity index (χ1v) is 6.93. The van der Waals surface area contributed by atoms with E-state index < -0.39 is 0 Å². The van der Waals surface area contributed by atoms with E-state index >= 15 is 0 Å². The molecule has 1 aliphatic rings. The fourth-order valence-electron chi connectivity index (χ4n) is 2.86. The van der Waals surface area contributed by atoms with Gasteiger partial charge in [-0.3, -0.25) is 4.98 Å². The Morgan fingerprint density at radius 2 is 2.00 bits per heavy atom. The molecule has 0 unspecified atom stereocenters. The molecule has 0 aliphatic heterocycles. The average Bonchev–Trinajstić information content (AvgIpc) is 2.89. The number of anilines is 1. The fraction of sp³-hybridized carbons (Fsp3) is 0.438. The second-order valence-electron chi connectivity index (χ2n) is 5.36. The molecular weight excluding hydrogens is 220 g/mol. The van der Waals surface area contributed by atoms with E-state index in [1.54, 1.807) is 0 Å². The lowest BCUT2D eigenvalue weighted by Crippen LogP contribution is -2.11. The molecule has 1 saturated carbocycles. The molecule has 94 valence electrons. The summed E-state index contributed by atoms with van der Waals surface area (Å²) in [6.45, 7) is 3.14. The number of fused-ring (bicyclic) bond motifs is 1. The zero-order valence-electron chi connectivity index (χ0n) is 10.9. The van der Waals surface area contributed by atoms with Gasteiger partial charge in [0.2, 0.25) is 0 Å². The summed E-state index contributed by atoms with van der Waals surface area (Å²) in [6, 6.07) is 10.6. The van der Waals surface area contributed by atoms with Crippen LogP contribution in [0.1, 0.15) is 31.4 Å². The van der Waals surface area contributed by atoms with Crippen molar-refractivity contribution in [3.05, 3.63) is 36.0 Å². The van der Waals surface area contributed by atoms with Crippen LogP contribution in [0.5, 0.6) is 0 Å². The molecule has 0 atom stereocenters. The first-order chi connectivity index (χ1) is 8.83. The van der Waals surface area contributed by atoms with Gasteiger partial charge in [0.1, 0.15) is 0 Å². The predicted molar refractivity (Wildman–Crippen MR) is 76.9 cm³/mol. The highest BCUT2D eigenvalue weighted by Crippen LogP contribution is 2.27. The molecule has 0 bridgehead atoms. The highest BCUT2D eigenvalue weighted by Gasteiger charge is 2.14. The first kappa shape index (κ1) is 11.5. The van der Waals surface area contributed by atoms with Crippen LogP contribution in [-0.2, 0) is 0 Å². The second kappa shape index (κ2) is 4.97. The molecule has 2 nitrogen and oxygen atoms in total. The van der Waals surface area contributed by atoms with Gasteiger partial charge in [0.15, 0.2) is 0 Å². The molecule has 0 saturated heterocycles. The van der Waals surface area contributed by atoms with Gasteiger partial charge in [0.05, 0.1) is 11.2 Å². The third-order valence-electron chi connectivity index (χ3n) is 3.92. The third-order valence-corrected chi connectivity index (χ3v) is 3.92. The summed E-state index contributed by atoms with van der Waals surface area (Å²) in [5, 5.41) is 4.81. The molecule has 0 amide bonds. The molecule has 0 spiro atoms. The summed E-state index contributed by atoms with van der Waals surface area (Å²) in [4.78, 5) is 4.66. The van der Waals surface area contributed by atoms with Crippen molar-refractivity contribution in [2.24, 2.45) is 5.92 Å². The van der Waals surface area contributed by atoms with Gasteiger partial charge in [0.25, 0.3) is 0 Å². The van der Waals surface area contributed by atoms with E-state index in [2.05, 4.69) is 40.6 Å². The van der Waals surface area contributed by atoms with Gasteiger partial charge in [-0.05, 0) is 37.8 Å². The molecule has 18 heavy (non-hydrogen) atoms. The smallest absolute Gasteiger partial charge is 0.0936 e. The first-order valence-electron chi connectivity index (χ1n) is 6.93. The fourth-order valence-corrected chi connectivity index (χ4v) is 2.86. The second-order valence-corrected chi connectivity index (χ2v) is 5.36. The van der Waals surface area contributed by atoms with Crippen molar-refractivity contribution < 1.29 is 0 Å².